The van der Waals surface area contributed by atoms with Crippen molar-refractivity contribution in [1.82, 2.24) is 5.01 Å². The van der Waals surface area contributed by atoms with E-state index in [-0.39, 0.29) is 12.1 Å². The Morgan fingerprint density at radius 3 is 1.89 bits per heavy atom. The average molecular weight is 374 g/mol. The normalized spacial score (nSPS) is 17.7. The third-order valence-corrected chi connectivity index (χ3v) is 5.35. The van der Waals surface area contributed by atoms with Crippen LogP contribution in [0.3, 0.4) is 0 Å². The van der Waals surface area contributed by atoms with Gasteiger partial charge in [-0.1, -0.05) is 47.7 Å². The molecule has 0 saturated heterocycles. The zero-order chi connectivity index (χ0) is 19.7. The minimum Gasteiger partial charge on any atom is -0.378 e. The fourth-order valence-electron chi connectivity index (χ4n) is 3.72. The van der Waals surface area contributed by atoms with Crippen molar-refractivity contribution in [3.63, 3.8) is 0 Å². The SMILES string of the molecule is CN(C)c1ccc(C(c2ccc(N(C)C)cc2)N2N=NC3=CCC=CC32)cc1. The van der Waals surface area contributed by atoms with E-state index in [4.69, 9.17) is 0 Å². The van der Waals surface area contributed by atoms with Crippen molar-refractivity contribution in [2.24, 2.45) is 10.3 Å². The highest BCUT2D eigenvalue weighted by molar-refractivity contribution is 5.50. The van der Waals surface area contributed by atoms with Gasteiger partial charge in [0.25, 0.3) is 0 Å². The molecule has 1 atom stereocenters. The van der Waals surface area contributed by atoms with E-state index in [0.29, 0.717) is 0 Å². The Morgan fingerprint density at radius 2 is 1.39 bits per heavy atom. The van der Waals surface area contributed by atoms with Gasteiger partial charge in [0, 0.05) is 39.6 Å². The second-order valence-electron chi connectivity index (χ2n) is 7.68. The van der Waals surface area contributed by atoms with E-state index in [9.17, 15) is 0 Å². The van der Waals surface area contributed by atoms with Crippen molar-refractivity contribution in [3.8, 4) is 0 Å². The Morgan fingerprint density at radius 1 is 0.857 bits per heavy atom. The monoisotopic (exact) mass is 373 g/mol. The molecule has 1 unspecified atom stereocenters. The van der Waals surface area contributed by atoms with Gasteiger partial charge >= 0.3 is 0 Å². The largest absolute Gasteiger partial charge is 0.378 e. The average Bonchev–Trinajstić information content (AvgIpc) is 3.13. The predicted molar refractivity (Wildman–Crippen MR) is 116 cm³/mol. The molecule has 1 heterocycles. The van der Waals surface area contributed by atoms with Crippen LogP contribution in [0.4, 0.5) is 11.4 Å². The minimum atomic E-state index is 0.00910. The first-order chi connectivity index (χ1) is 13.5. The van der Waals surface area contributed by atoms with E-state index >= 15 is 0 Å². The van der Waals surface area contributed by atoms with Gasteiger partial charge in [0.2, 0.25) is 0 Å². The molecular weight excluding hydrogens is 346 g/mol. The van der Waals surface area contributed by atoms with E-state index in [1.165, 1.54) is 22.5 Å². The first kappa shape index (κ1) is 18.3. The summed E-state index contributed by atoms with van der Waals surface area (Å²) in [6.45, 7) is 0. The summed E-state index contributed by atoms with van der Waals surface area (Å²) in [4.78, 5) is 4.23. The van der Waals surface area contributed by atoms with Gasteiger partial charge in [-0.05, 0) is 41.8 Å². The van der Waals surface area contributed by atoms with Crippen LogP contribution in [-0.2, 0) is 0 Å². The lowest BCUT2D eigenvalue weighted by Crippen LogP contribution is -2.32. The molecule has 144 valence electrons. The molecule has 0 radical (unpaired) electrons. The van der Waals surface area contributed by atoms with E-state index < -0.39 is 0 Å². The lowest BCUT2D eigenvalue weighted by Gasteiger charge is -2.31. The van der Waals surface area contributed by atoms with Gasteiger partial charge in [0.15, 0.2) is 0 Å². The van der Waals surface area contributed by atoms with Gasteiger partial charge in [-0.15, -0.1) is 5.11 Å². The Balaban J connectivity index is 1.75. The minimum absolute atomic E-state index is 0.00910. The fourth-order valence-corrected chi connectivity index (χ4v) is 3.72. The van der Waals surface area contributed by atoms with Crippen LogP contribution in [-0.4, -0.2) is 39.2 Å². The molecule has 0 bridgehead atoms. The van der Waals surface area contributed by atoms with Crippen LogP contribution in [0.15, 0.2) is 82.8 Å². The number of fused-ring (bicyclic) bond motifs is 1. The zero-order valence-corrected chi connectivity index (χ0v) is 16.9. The molecule has 4 rings (SSSR count). The summed E-state index contributed by atoms with van der Waals surface area (Å²) in [7, 11) is 8.24. The molecule has 1 aliphatic carbocycles. The number of nitrogens with zero attached hydrogens (tertiary/aromatic N) is 5. The summed E-state index contributed by atoms with van der Waals surface area (Å²) >= 11 is 0. The number of allylic oxidation sites excluding steroid dienone is 2. The van der Waals surface area contributed by atoms with Crippen LogP contribution in [0.5, 0.6) is 0 Å². The molecule has 28 heavy (non-hydrogen) atoms. The molecule has 2 aromatic rings. The van der Waals surface area contributed by atoms with Gasteiger partial charge < -0.3 is 9.80 Å². The maximum Gasteiger partial charge on any atom is 0.112 e. The van der Waals surface area contributed by atoms with Crippen LogP contribution in [0, 0.1) is 0 Å². The lowest BCUT2D eigenvalue weighted by molar-refractivity contribution is 0.227. The maximum atomic E-state index is 4.57. The fraction of sp³-hybridized carbons (Fsp3) is 0.304. The number of benzene rings is 2. The summed E-state index contributed by atoms with van der Waals surface area (Å²) in [5.74, 6) is 0. The van der Waals surface area contributed by atoms with Crippen LogP contribution in [0.1, 0.15) is 23.6 Å². The molecule has 0 saturated carbocycles. The predicted octanol–water partition coefficient (Wildman–Crippen LogP) is 4.80. The van der Waals surface area contributed by atoms with E-state index in [1.807, 2.05) is 0 Å². The Kier molecular flexibility index (Phi) is 4.90. The molecule has 2 aliphatic rings. The molecule has 0 fully saturated rings. The molecule has 2 aromatic carbocycles. The molecule has 5 nitrogen and oxygen atoms in total. The van der Waals surface area contributed by atoms with Gasteiger partial charge in [-0.3, -0.25) is 5.01 Å². The van der Waals surface area contributed by atoms with Gasteiger partial charge in [-0.25, -0.2) is 0 Å². The number of hydrogen-bond acceptors (Lipinski definition) is 5. The molecule has 1 aliphatic heterocycles. The molecule has 0 amide bonds. The van der Waals surface area contributed by atoms with Crippen LogP contribution >= 0.6 is 0 Å². The zero-order valence-electron chi connectivity index (χ0n) is 16.9. The Labute approximate surface area is 167 Å². The van der Waals surface area contributed by atoms with E-state index in [2.05, 4.69) is 120 Å². The van der Waals surface area contributed by atoms with Crippen molar-refractivity contribution in [3.05, 3.63) is 83.6 Å². The first-order valence-corrected chi connectivity index (χ1v) is 9.66. The smallest absolute Gasteiger partial charge is 0.112 e. The highest BCUT2D eigenvalue weighted by Crippen LogP contribution is 2.38. The van der Waals surface area contributed by atoms with Crippen molar-refractivity contribution in [2.45, 2.75) is 18.5 Å². The Hall–Kier alpha value is -3.08. The second kappa shape index (κ2) is 7.50. The molecular formula is C23H27N5. The summed E-state index contributed by atoms with van der Waals surface area (Å²) in [6.07, 6.45) is 7.50. The highest BCUT2D eigenvalue weighted by Gasteiger charge is 2.34. The topological polar surface area (TPSA) is 34.4 Å². The summed E-state index contributed by atoms with van der Waals surface area (Å²) in [6, 6.07) is 17.6. The van der Waals surface area contributed by atoms with E-state index in [0.717, 1.165) is 12.1 Å². The van der Waals surface area contributed by atoms with Gasteiger partial charge in [0.05, 0.1) is 11.7 Å². The van der Waals surface area contributed by atoms with Crippen LogP contribution < -0.4 is 9.80 Å². The third kappa shape index (κ3) is 3.40. The van der Waals surface area contributed by atoms with Crippen LogP contribution in [0.25, 0.3) is 0 Å². The van der Waals surface area contributed by atoms with Crippen molar-refractivity contribution in [2.75, 3.05) is 38.0 Å². The molecule has 5 heteroatoms. The van der Waals surface area contributed by atoms with Gasteiger partial charge in [-0.2, -0.15) is 0 Å². The molecule has 0 aromatic heterocycles. The maximum absolute atomic E-state index is 4.57. The molecule has 0 N–H and O–H groups in total. The summed E-state index contributed by atoms with van der Waals surface area (Å²) < 4.78 is 0. The number of anilines is 2. The summed E-state index contributed by atoms with van der Waals surface area (Å²) in [5, 5.41) is 11.1. The number of rotatable bonds is 5. The van der Waals surface area contributed by atoms with Gasteiger partial charge in [0.1, 0.15) is 6.04 Å². The van der Waals surface area contributed by atoms with E-state index in [1.54, 1.807) is 0 Å². The molecule has 0 spiro atoms. The second-order valence-corrected chi connectivity index (χ2v) is 7.68. The highest BCUT2D eigenvalue weighted by atomic mass is 15.6. The van der Waals surface area contributed by atoms with Crippen molar-refractivity contribution >= 4 is 11.4 Å². The lowest BCUT2D eigenvalue weighted by atomic mass is 9.95. The standard InChI is InChI=1S/C23H27N5/c1-26(2)19-13-9-17(10-14-19)23(18-11-15-20(16-12-18)27(3)4)28-22-8-6-5-7-21(22)24-25-28/h6-16,22-23H,5H2,1-4H3. The Bertz CT molecular complexity index is 856. The van der Waals surface area contributed by atoms with Crippen LogP contribution in [0.2, 0.25) is 0 Å². The van der Waals surface area contributed by atoms with Crippen molar-refractivity contribution in [1.29, 1.82) is 0 Å². The number of hydrogen-bond donors (Lipinski definition) is 0. The summed E-state index contributed by atoms with van der Waals surface area (Å²) in [5.41, 5.74) is 5.84. The quantitative estimate of drug-likeness (QED) is 0.706. The van der Waals surface area contributed by atoms with Crippen molar-refractivity contribution < 1.29 is 0 Å². The third-order valence-electron chi connectivity index (χ3n) is 5.35. The first-order valence-electron chi connectivity index (χ1n) is 9.66.